The molecule has 1 N–H and O–H groups in total. The summed E-state index contributed by atoms with van der Waals surface area (Å²) in [5, 5.41) is 9.16. The number of nitrogens with one attached hydrogen (secondary N) is 1. The molecule has 0 saturated carbocycles. The Kier molecular flexibility index (Phi) is 5.63. The smallest absolute Gasteiger partial charge is 0.280 e. The Morgan fingerprint density at radius 3 is 2.77 bits per heavy atom. The van der Waals surface area contributed by atoms with Crippen molar-refractivity contribution in [3.8, 4) is 10.9 Å². The first kappa shape index (κ1) is 19.8. The summed E-state index contributed by atoms with van der Waals surface area (Å²) in [6.07, 6.45) is 2.75. The molecule has 0 aliphatic carbocycles. The lowest BCUT2D eigenvalue weighted by atomic mass is 10.1. The summed E-state index contributed by atoms with van der Waals surface area (Å²) in [7, 11) is 0. The van der Waals surface area contributed by atoms with E-state index in [1.165, 1.54) is 0 Å². The molecule has 4 aromatic rings. The molecular weight excluding hydrogens is 396 g/mol. The Hall–Kier alpha value is -3.45. The second kappa shape index (κ2) is 8.51. The van der Waals surface area contributed by atoms with Crippen molar-refractivity contribution >= 4 is 34.2 Å². The number of hydrazone groups is 1. The molecule has 0 unspecified atom stereocenters. The molecular formula is C23H22N4O2S. The quantitative estimate of drug-likeness (QED) is 0.367. The minimum absolute atomic E-state index is 0.312. The number of ether oxygens (including phenoxy) is 1. The van der Waals surface area contributed by atoms with Crippen molar-refractivity contribution in [2.75, 3.05) is 0 Å². The predicted molar refractivity (Wildman–Crippen MR) is 121 cm³/mol. The van der Waals surface area contributed by atoms with E-state index >= 15 is 0 Å². The Morgan fingerprint density at radius 2 is 2.00 bits per heavy atom. The Balaban J connectivity index is 1.40. The van der Waals surface area contributed by atoms with E-state index in [4.69, 9.17) is 4.74 Å². The molecule has 0 fully saturated rings. The van der Waals surface area contributed by atoms with E-state index < -0.39 is 6.10 Å². The molecule has 152 valence electrons. The van der Waals surface area contributed by atoms with Crippen LogP contribution in [-0.2, 0) is 4.79 Å². The van der Waals surface area contributed by atoms with Gasteiger partial charge in [0.05, 0.1) is 6.21 Å². The third-order valence-corrected chi connectivity index (χ3v) is 5.62. The fourth-order valence-corrected chi connectivity index (χ4v) is 4.05. The highest BCUT2D eigenvalue weighted by atomic mass is 32.1. The van der Waals surface area contributed by atoms with Crippen LogP contribution in [0.3, 0.4) is 0 Å². The zero-order valence-corrected chi connectivity index (χ0v) is 17.8. The van der Waals surface area contributed by atoms with Crippen molar-refractivity contribution in [1.82, 2.24) is 15.0 Å². The number of aryl methyl sites for hydroxylation is 1. The lowest BCUT2D eigenvalue weighted by Gasteiger charge is -2.13. The lowest BCUT2D eigenvalue weighted by Crippen LogP contribution is -2.33. The van der Waals surface area contributed by atoms with Crippen LogP contribution in [0.4, 0.5) is 0 Å². The maximum absolute atomic E-state index is 12.4. The topological polar surface area (TPSA) is 68.5 Å². The molecule has 0 radical (unpaired) electrons. The van der Waals surface area contributed by atoms with Gasteiger partial charge in [-0.25, -0.2) is 10.4 Å². The molecule has 30 heavy (non-hydrogen) atoms. The van der Waals surface area contributed by atoms with Gasteiger partial charge in [0, 0.05) is 28.5 Å². The molecule has 1 atom stereocenters. The summed E-state index contributed by atoms with van der Waals surface area (Å²) >= 11 is 1.57. The Bertz CT molecular complexity index is 1210. The number of benzene rings is 2. The van der Waals surface area contributed by atoms with Gasteiger partial charge in [0.25, 0.3) is 5.91 Å². The first-order valence-corrected chi connectivity index (χ1v) is 10.5. The van der Waals surface area contributed by atoms with Gasteiger partial charge in [-0.15, -0.1) is 11.3 Å². The minimum atomic E-state index is -0.675. The number of nitrogens with zero attached hydrogens (tertiary/aromatic N) is 3. The van der Waals surface area contributed by atoms with Gasteiger partial charge in [-0.2, -0.15) is 5.10 Å². The molecule has 7 heteroatoms. The van der Waals surface area contributed by atoms with E-state index in [1.54, 1.807) is 30.7 Å². The maximum Gasteiger partial charge on any atom is 0.280 e. The summed E-state index contributed by atoms with van der Waals surface area (Å²) in [5.41, 5.74) is 5.56. The number of carbonyl (C=O) groups excluding carboxylic acids is 1. The average molecular weight is 419 g/mol. The molecule has 0 aliphatic heterocycles. The van der Waals surface area contributed by atoms with Crippen LogP contribution in [0.2, 0.25) is 0 Å². The van der Waals surface area contributed by atoms with Gasteiger partial charge in [-0.05, 0) is 49.7 Å². The van der Waals surface area contributed by atoms with Crippen LogP contribution in [0, 0.1) is 13.8 Å². The van der Waals surface area contributed by atoms with Crippen molar-refractivity contribution in [3.63, 3.8) is 0 Å². The van der Waals surface area contributed by atoms with Crippen molar-refractivity contribution in [3.05, 3.63) is 77.1 Å². The third-order valence-electron chi connectivity index (χ3n) is 4.86. The fraction of sp³-hybridized carbons (Fsp3) is 0.174. The average Bonchev–Trinajstić information content (AvgIpc) is 3.35. The predicted octanol–water partition coefficient (Wildman–Crippen LogP) is 4.62. The third kappa shape index (κ3) is 4.11. The number of fused-ring (bicyclic) bond motifs is 1. The number of carbonyl (C=O) groups is 1. The van der Waals surface area contributed by atoms with Gasteiger partial charge in [0.15, 0.2) is 11.2 Å². The SMILES string of the molecule is Cc1cc(/C=N\NC(=O)[C@H](C)Oc2ccc3ccccc3c2)c(C)n1-c1nccs1. The van der Waals surface area contributed by atoms with E-state index in [-0.39, 0.29) is 5.91 Å². The molecule has 2 aromatic carbocycles. The highest BCUT2D eigenvalue weighted by Gasteiger charge is 2.15. The first-order valence-electron chi connectivity index (χ1n) is 9.60. The molecule has 6 nitrogen and oxygen atoms in total. The molecule has 1 amide bonds. The number of hydrogen-bond acceptors (Lipinski definition) is 5. The van der Waals surface area contributed by atoms with E-state index in [0.717, 1.165) is 32.9 Å². The monoisotopic (exact) mass is 418 g/mol. The van der Waals surface area contributed by atoms with Gasteiger partial charge in [-0.1, -0.05) is 30.3 Å². The number of aromatic nitrogens is 2. The normalized spacial score (nSPS) is 12.4. The molecule has 0 bridgehead atoms. The summed E-state index contributed by atoms with van der Waals surface area (Å²) in [6, 6.07) is 15.8. The van der Waals surface area contributed by atoms with Crippen LogP contribution in [0.15, 0.2) is 65.2 Å². The van der Waals surface area contributed by atoms with E-state index in [2.05, 4.69) is 20.1 Å². The second-order valence-electron chi connectivity index (χ2n) is 6.98. The van der Waals surface area contributed by atoms with E-state index in [0.29, 0.717) is 5.75 Å². The molecule has 2 heterocycles. The van der Waals surface area contributed by atoms with Crippen LogP contribution in [0.5, 0.6) is 5.75 Å². The van der Waals surface area contributed by atoms with Crippen molar-refractivity contribution < 1.29 is 9.53 Å². The Labute approximate surface area is 178 Å². The fourth-order valence-electron chi connectivity index (χ4n) is 3.29. The van der Waals surface area contributed by atoms with Crippen molar-refractivity contribution in [2.24, 2.45) is 5.10 Å². The zero-order valence-electron chi connectivity index (χ0n) is 17.0. The standard InChI is InChI=1S/C23H22N4O2S/c1-15-12-20(16(2)27(15)23-24-10-11-30-23)14-25-26-22(28)17(3)29-21-9-8-18-6-4-5-7-19(18)13-21/h4-14,17H,1-3H3,(H,26,28)/b25-14-/t17-/m0/s1. The summed E-state index contributed by atoms with van der Waals surface area (Å²) in [5.74, 6) is 0.334. The summed E-state index contributed by atoms with van der Waals surface area (Å²) in [4.78, 5) is 16.7. The van der Waals surface area contributed by atoms with Gasteiger partial charge in [0.2, 0.25) is 0 Å². The van der Waals surface area contributed by atoms with Crippen LogP contribution in [0.1, 0.15) is 23.9 Å². The van der Waals surface area contributed by atoms with Crippen LogP contribution < -0.4 is 10.2 Å². The highest BCUT2D eigenvalue weighted by Crippen LogP contribution is 2.22. The number of thiazole rings is 1. The summed E-state index contributed by atoms with van der Waals surface area (Å²) < 4.78 is 7.85. The molecule has 0 aliphatic rings. The van der Waals surface area contributed by atoms with Gasteiger partial charge in [-0.3, -0.25) is 9.36 Å². The highest BCUT2D eigenvalue weighted by molar-refractivity contribution is 7.12. The first-order chi connectivity index (χ1) is 14.5. The lowest BCUT2D eigenvalue weighted by molar-refractivity contribution is -0.127. The molecule has 0 spiro atoms. The second-order valence-corrected chi connectivity index (χ2v) is 7.85. The van der Waals surface area contributed by atoms with Crippen LogP contribution in [0.25, 0.3) is 15.9 Å². The molecule has 0 saturated heterocycles. The van der Waals surface area contributed by atoms with Gasteiger partial charge < -0.3 is 4.74 Å². The number of amides is 1. The van der Waals surface area contributed by atoms with Crippen molar-refractivity contribution in [2.45, 2.75) is 26.9 Å². The van der Waals surface area contributed by atoms with Crippen molar-refractivity contribution in [1.29, 1.82) is 0 Å². The molecule has 4 rings (SSSR count). The van der Waals surface area contributed by atoms with E-state index in [1.807, 2.05) is 67.8 Å². The minimum Gasteiger partial charge on any atom is -0.481 e. The van der Waals surface area contributed by atoms with E-state index in [9.17, 15) is 4.79 Å². The molecule has 2 aromatic heterocycles. The zero-order chi connectivity index (χ0) is 21.1. The Morgan fingerprint density at radius 1 is 1.20 bits per heavy atom. The van der Waals surface area contributed by atoms with Crippen LogP contribution in [-0.4, -0.2) is 27.8 Å². The number of hydrogen-bond donors (Lipinski definition) is 1. The maximum atomic E-state index is 12.4. The van der Waals surface area contributed by atoms with Crippen LogP contribution >= 0.6 is 11.3 Å². The largest absolute Gasteiger partial charge is 0.481 e. The van der Waals surface area contributed by atoms with Gasteiger partial charge >= 0.3 is 0 Å². The number of rotatable bonds is 6. The van der Waals surface area contributed by atoms with Gasteiger partial charge in [0.1, 0.15) is 5.75 Å². The summed E-state index contributed by atoms with van der Waals surface area (Å²) in [6.45, 7) is 5.72.